The molecule has 0 unspecified atom stereocenters. The minimum Gasteiger partial charge on any atom is -0.464 e. The molecule has 0 aliphatic carbocycles. The summed E-state index contributed by atoms with van der Waals surface area (Å²) in [5.41, 5.74) is 0.332. The molecular weight excluding hydrogens is 198 g/mol. The van der Waals surface area contributed by atoms with Gasteiger partial charge in [-0.1, -0.05) is 0 Å². The zero-order chi connectivity index (χ0) is 11.4. The normalized spacial score (nSPS) is 10.1. The number of likely N-dealkylation sites (N-methyl/N-ethyl adjacent to an activating group) is 1. The fraction of sp³-hybridized carbons (Fsp3) is 0.444. The molecule has 0 saturated heterocycles. The highest BCUT2D eigenvalue weighted by Gasteiger charge is 2.21. The van der Waals surface area contributed by atoms with Crippen molar-refractivity contribution in [3.05, 3.63) is 17.5 Å². The van der Waals surface area contributed by atoms with E-state index in [9.17, 15) is 9.59 Å². The lowest BCUT2D eigenvalue weighted by atomic mass is 10.1. The van der Waals surface area contributed by atoms with Crippen molar-refractivity contribution in [2.75, 3.05) is 20.7 Å². The first kappa shape index (κ1) is 11.4. The summed E-state index contributed by atoms with van der Waals surface area (Å²) in [6.07, 6.45) is 1.51. The Balaban J connectivity index is 3.06. The van der Waals surface area contributed by atoms with Crippen LogP contribution >= 0.6 is 0 Å². The predicted molar refractivity (Wildman–Crippen MR) is 52.8 cm³/mol. The van der Waals surface area contributed by atoms with Gasteiger partial charge in [0.2, 0.25) is 0 Å². The van der Waals surface area contributed by atoms with Gasteiger partial charge in [-0.2, -0.15) is 5.10 Å². The molecule has 0 spiro atoms. The Hall–Kier alpha value is -1.69. The van der Waals surface area contributed by atoms with E-state index in [1.54, 1.807) is 14.1 Å². The molecule has 0 aliphatic heterocycles. The second-order valence-corrected chi connectivity index (χ2v) is 3.01. The molecule has 0 saturated carbocycles. The van der Waals surface area contributed by atoms with E-state index in [0.29, 0.717) is 0 Å². The number of ketones is 1. The van der Waals surface area contributed by atoms with Crippen LogP contribution in [-0.4, -0.2) is 42.2 Å². The van der Waals surface area contributed by atoms with Crippen LogP contribution in [0.25, 0.3) is 0 Å². The van der Waals surface area contributed by atoms with Crippen LogP contribution in [0, 0.1) is 0 Å². The maximum atomic E-state index is 11.6. The van der Waals surface area contributed by atoms with Gasteiger partial charge in [0, 0.05) is 13.2 Å². The average Bonchev–Trinajstić information content (AvgIpc) is 2.59. The van der Waals surface area contributed by atoms with E-state index in [2.05, 4.69) is 15.2 Å². The third-order valence-corrected chi connectivity index (χ3v) is 1.85. The van der Waals surface area contributed by atoms with E-state index in [4.69, 9.17) is 0 Å². The highest BCUT2D eigenvalue weighted by molar-refractivity contribution is 6.06. The molecule has 0 aliphatic rings. The molecule has 82 valence electrons. The zero-order valence-corrected chi connectivity index (χ0v) is 8.90. The topological polar surface area (TPSA) is 73.2 Å². The number of nitrogens with zero attached hydrogens (tertiary/aromatic N) is 2. The van der Waals surface area contributed by atoms with Crippen molar-refractivity contribution in [2.24, 2.45) is 7.05 Å². The second kappa shape index (κ2) is 4.70. The Bertz CT molecular complexity index is 384. The fourth-order valence-corrected chi connectivity index (χ4v) is 1.20. The molecule has 0 radical (unpaired) electrons. The molecule has 6 nitrogen and oxygen atoms in total. The summed E-state index contributed by atoms with van der Waals surface area (Å²) in [7, 11) is 4.55. The van der Waals surface area contributed by atoms with Crippen LogP contribution in [0.5, 0.6) is 0 Å². The first-order valence-corrected chi connectivity index (χ1v) is 4.40. The lowest BCUT2D eigenvalue weighted by Gasteiger charge is -1.98. The van der Waals surface area contributed by atoms with E-state index in [1.165, 1.54) is 18.0 Å². The lowest BCUT2D eigenvalue weighted by Crippen LogP contribution is -2.20. The molecule has 1 heterocycles. The Morgan fingerprint density at radius 1 is 1.60 bits per heavy atom. The minimum atomic E-state index is -0.602. The molecule has 1 N–H and O–H groups in total. The minimum absolute atomic E-state index is 0.0558. The van der Waals surface area contributed by atoms with Gasteiger partial charge in [0.1, 0.15) is 0 Å². The maximum Gasteiger partial charge on any atom is 0.359 e. The van der Waals surface area contributed by atoms with Gasteiger partial charge < -0.3 is 10.1 Å². The summed E-state index contributed by atoms with van der Waals surface area (Å²) in [5.74, 6) is -0.791. The Kier molecular flexibility index (Phi) is 3.56. The van der Waals surface area contributed by atoms with Gasteiger partial charge in [-0.05, 0) is 7.05 Å². The molecule has 6 heteroatoms. The summed E-state index contributed by atoms with van der Waals surface area (Å²) in [6, 6.07) is 0. The maximum absolute atomic E-state index is 11.6. The number of ether oxygens (including phenoxy) is 1. The summed E-state index contributed by atoms with van der Waals surface area (Å²) in [6.45, 7) is 0.162. The Morgan fingerprint density at radius 2 is 2.27 bits per heavy atom. The first-order valence-electron chi connectivity index (χ1n) is 4.40. The summed E-state index contributed by atoms with van der Waals surface area (Å²) in [4.78, 5) is 22.9. The van der Waals surface area contributed by atoms with E-state index in [0.717, 1.165) is 0 Å². The summed E-state index contributed by atoms with van der Waals surface area (Å²) in [5, 5.41) is 6.60. The molecule has 1 rings (SSSR count). The molecule has 0 atom stereocenters. The average molecular weight is 211 g/mol. The van der Waals surface area contributed by atoms with Gasteiger partial charge in [-0.25, -0.2) is 4.79 Å². The van der Waals surface area contributed by atoms with Crippen LogP contribution in [-0.2, 0) is 11.8 Å². The van der Waals surface area contributed by atoms with Crippen molar-refractivity contribution >= 4 is 11.8 Å². The van der Waals surface area contributed by atoms with Crippen molar-refractivity contribution < 1.29 is 14.3 Å². The predicted octanol–water partition coefficient (Wildman–Crippen LogP) is -0.391. The number of esters is 1. The van der Waals surface area contributed by atoms with Crippen LogP contribution in [0.2, 0.25) is 0 Å². The summed E-state index contributed by atoms with van der Waals surface area (Å²) >= 11 is 0. The monoisotopic (exact) mass is 211 g/mol. The van der Waals surface area contributed by atoms with Crippen molar-refractivity contribution in [3.63, 3.8) is 0 Å². The molecule has 0 aromatic carbocycles. The van der Waals surface area contributed by atoms with Crippen molar-refractivity contribution in [1.82, 2.24) is 15.1 Å². The lowest BCUT2D eigenvalue weighted by molar-refractivity contribution is 0.0589. The number of methoxy groups -OCH3 is 1. The molecule has 15 heavy (non-hydrogen) atoms. The number of hydrogen-bond acceptors (Lipinski definition) is 5. The molecular formula is C9H13N3O3. The van der Waals surface area contributed by atoms with Gasteiger partial charge in [0.15, 0.2) is 11.5 Å². The number of hydrogen-bond donors (Lipinski definition) is 1. The number of aromatic nitrogens is 2. The third-order valence-electron chi connectivity index (χ3n) is 1.85. The molecule has 0 bridgehead atoms. The van der Waals surface area contributed by atoms with E-state index < -0.39 is 5.97 Å². The number of carbonyl (C=O) groups is 2. The van der Waals surface area contributed by atoms with Gasteiger partial charge in [0.05, 0.1) is 19.2 Å². The summed E-state index contributed by atoms with van der Waals surface area (Å²) < 4.78 is 5.94. The number of Topliss-reactive ketones (excluding diaryl/α,β-unsaturated/α-hetero) is 1. The molecule has 1 aromatic rings. The zero-order valence-electron chi connectivity index (χ0n) is 8.90. The largest absolute Gasteiger partial charge is 0.464 e. The number of nitrogens with one attached hydrogen (secondary N) is 1. The Labute approximate surface area is 87.2 Å². The fourth-order valence-electron chi connectivity index (χ4n) is 1.20. The SMILES string of the molecule is CNCC(=O)c1cn(C)nc1C(=O)OC. The highest BCUT2D eigenvalue weighted by Crippen LogP contribution is 2.08. The number of rotatable bonds is 4. The van der Waals surface area contributed by atoms with Crippen LogP contribution in [0.4, 0.5) is 0 Å². The number of carbonyl (C=O) groups excluding carboxylic acids is 2. The first-order chi connectivity index (χ1) is 7.10. The van der Waals surface area contributed by atoms with E-state index in [1.807, 2.05) is 0 Å². The second-order valence-electron chi connectivity index (χ2n) is 3.01. The van der Waals surface area contributed by atoms with Gasteiger partial charge in [-0.3, -0.25) is 9.48 Å². The quantitative estimate of drug-likeness (QED) is 0.542. The van der Waals surface area contributed by atoms with Gasteiger partial charge in [0.25, 0.3) is 0 Å². The van der Waals surface area contributed by atoms with Crippen LogP contribution in [0.3, 0.4) is 0 Å². The van der Waals surface area contributed by atoms with Gasteiger partial charge in [-0.15, -0.1) is 0 Å². The molecule has 1 aromatic heterocycles. The van der Waals surface area contributed by atoms with Crippen molar-refractivity contribution in [1.29, 1.82) is 0 Å². The molecule has 0 amide bonds. The van der Waals surface area contributed by atoms with Crippen molar-refractivity contribution in [2.45, 2.75) is 0 Å². The number of aryl methyl sites for hydroxylation is 1. The van der Waals surface area contributed by atoms with E-state index in [-0.39, 0.29) is 23.6 Å². The van der Waals surface area contributed by atoms with Crippen LogP contribution < -0.4 is 5.32 Å². The van der Waals surface area contributed by atoms with E-state index >= 15 is 0 Å². The highest BCUT2D eigenvalue weighted by atomic mass is 16.5. The van der Waals surface area contributed by atoms with Crippen molar-refractivity contribution in [3.8, 4) is 0 Å². The molecule has 0 fully saturated rings. The van der Waals surface area contributed by atoms with Crippen LogP contribution in [0.1, 0.15) is 20.8 Å². The third kappa shape index (κ3) is 2.41. The Morgan fingerprint density at radius 3 is 2.80 bits per heavy atom. The van der Waals surface area contributed by atoms with Gasteiger partial charge >= 0.3 is 5.97 Å². The standard InChI is InChI=1S/C9H13N3O3/c1-10-4-7(13)6-5-12(2)11-8(6)9(14)15-3/h5,10H,4H2,1-3H3. The smallest absolute Gasteiger partial charge is 0.359 e. The van der Waals surface area contributed by atoms with Crippen LogP contribution in [0.15, 0.2) is 6.20 Å².